The molecule has 1 aliphatic carbocycles. The maximum Gasteiger partial charge on any atom is 0.225 e. The van der Waals surface area contributed by atoms with Crippen LogP contribution in [0.2, 0.25) is 0 Å². The first kappa shape index (κ1) is 15.7. The molecule has 1 aromatic rings. The van der Waals surface area contributed by atoms with Gasteiger partial charge in [-0.05, 0) is 37.5 Å². The van der Waals surface area contributed by atoms with E-state index in [4.69, 9.17) is 9.47 Å². The highest BCUT2D eigenvalue weighted by Gasteiger charge is 2.26. The van der Waals surface area contributed by atoms with Gasteiger partial charge in [0.1, 0.15) is 0 Å². The smallest absolute Gasteiger partial charge is 0.225 e. The standard InChI is InChI=1S/C17H25NO3/c1-4-18(17(19)14-7-5-6-8-14)12-13-9-10-15(20-2)16(11-13)21-3/h9-11,14H,4-8,12H2,1-3H3. The van der Waals surface area contributed by atoms with Gasteiger partial charge in [0.15, 0.2) is 11.5 Å². The average Bonchev–Trinajstić information content (AvgIpc) is 3.06. The molecule has 0 N–H and O–H groups in total. The van der Waals surface area contributed by atoms with E-state index in [1.54, 1.807) is 14.2 Å². The Morgan fingerprint density at radius 1 is 1.19 bits per heavy atom. The summed E-state index contributed by atoms with van der Waals surface area (Å²) in [6.07, 6.45) is 4.46. The van der Waals surface area contributed by atoms with Gasteiger partial charge in [-0.1, -0.05) is 18.9 Å². The fourth-order valence-electron chi connectivity index (χ4n) is 2.98. The molecule has 0 bridgehead atoms. The second-order valence-corrected chi connectivity index (χ2v) is 5.52. The Labute approximate surface area is 127 Å². The third-order valence-electron chi connectivity index (χ3n) is 4.22. The Kier molecular flexibility index (Phi) is 5.48. The average molecular weight is 291 g/mol. The zero-order chi connectivity index (χ0) is 15.2. The molecule has 2 rings (SSSR count). The molecule has 1 aromatic carbocycles. The molecule has 4 nitrogen and oxygen atoms in total. The van der Waals surface area contributed by atoms with Crippen molar-refractivity contribution >= 4 is 5.91 Å². The van der Waals surface area contributed by atoms with Crippen molar-refractivity contribution in [3.63, 3.8) is 0 Å². The summed E-state index contributed by atoms with van der Waals surface area (Å²) in [5.74, 6) is 1.95. The minimum Gasteiger partial charge on any atom is -0.493 e. The summed E-state index contributed by atoms with van der Waals surface area (Å²) in [5.41, 5.74) is 1.07. The van der Waals surface area contributed by atoms with Crippen LogP contribution in [0.25, 0.3) is 0 Å². The first-order chi connectivity index (χ1) is 10.2. The minimum absolute atomic E-state index is 0.227. The highest BCUT2D eigenvalue weighted by Crippen LogP contribution is 2.30. The molecule has 0 aliphatic heterocycles. The molecular weight excluding hydrogens is 266 g/mol. The highest BCUT2D eigenvalue weighted by molar-refractivity contribution is 5.79. The first-order valence-electron chi connectivity index (χ1n) is 7.69. The van der Waals surface area contributed by atoms with Crippen molar-refractivity contribution in [2.45, 2.75) is 39.2 Å². The number of amides is 1. The molecule has 116 valence electrons. The summed E-state index contributed by atoms with van der Waals surface area (Å²) in [6.45, 7) is 3.41. The Morgan fingerprint density at radius 3 is 2.43 bits per heavy atom. The summed E-state index contributed by atoms with van der Waals surface area (Å²) < 4.78 is 10.6. The normalized spacial score (nSPS) is 15.0. The van der Waals surface area contributed by atoms with E-state index in [0.717, 1.165) is 24.9 Å². The predicted octanol–water partition coefficient (Wildman–Crippen LogP) is 3.24. The van der Waals surface area contributed by atoms with Gasteiger partial charge in [0, 0.05) is 19.0 Å². The van der Waals surface area contributed by atoms with Gasteiger partial charge in [-0.3, -0.25) is 4.79 Å². The Morgan fingerprint density at radius 2 is 1.86 bits per heavy atom. The van der Waals surface area contributed by atoms with Gasteiger partial charge in [-0.15, -0.1) is 0 Å². The lowest BCUT2D eigenvalue weighted by Gasteiger charge is -2.24. The van der Waals surface area contributed by atoms with Crippen LogP contribution in [0.1, 0.15) is 38.2 Å². The second-order valence-electron chi connectivity index (χ2n) is 5.52. The van der Waals surface area contributed by atoms with Crippen LogP contribution in [0.4, 0.5) is 0 Å². The molecular formula is C17H25NO3. The fourth-order valence-corrected chi connectivity index (χ4v) is 2.98. The lowest BCUT2D eigenvalue weighted by atomic mass is 10.1. The number of ether oxygens (including phenoxy) is 2. The van der Waals surface area contributed by atoms with Gasteiger partial charge in [0.25, 0.3) is 0 Å². The van der Waals surface area contributed by atoms with E-state index in [1.165, 1.54) is 12.8 Å². The van der Waals surface area contributed by atoms with Crippen LogP contribution in [0, 0.1) is 5.92 Å². The van der Waals surface area contributed by atoms with Crippen LogP contribution >= 0.6 is 0 Å². The molecule has 1 saturated carbocycles. The van der Waals surface area contributed by atoms with Gasteiger partial charge in [0.05, 0.1) is 14.2 Å². The van der Waals surface area contributed by atoms with E-state index in [-0.39, 0.29) is 5.92 Å². The molecule has 4 heteroatoms. The summed E-state index contributed by atoms with van der Waals surface area (Å²) in [6, 6.07) is 5.83. The summed E-state index contributed by atoms with van der Waals surface area (Å²) in [7, 11) is 3.25. The molecule has 0 atom stereocenters. The molecule has 0 unspecified atom stereocenters. The molecule has 0 aromatic heterocycles. The zero-order valence-electron chi connectivity index (χ0n) is 13.2. The van der Waals surface area contributed by atoms with Crippen LogP contribution < -0.4 is 9.47 Å². The van der Waals surface area contributed by atoms with E-state index in [1.807, 2.05) is 30.0 Å². The molecule has 0 spiro atoms. The van der Waals surface area contributed by atoms with Crippen molar-refractivity contribution in [1.29, 1.82) is 0 Å². The van der Waals surface area contributed by atoms with E-state index in [2.05, 4.69) is 0 Å². The van der Waals surface area contributed by atoms with E-state index < -0.39 is 0 Å². The van der Waals surface area contributed by atoms with Crippen molar-refractivity contribution in [1.82, 2.24) is 4.90 Å². The molecule has 1 aliphatic rings. The number of hydrogen-bond acceptors (Lipinski definition) is 3. The number of hydrogen-bond donors (Lipinski definition) is 0. The van der Waals surface area contributed by atoms with E-state index in [9.17, 15) is 4.79 Å². The highest BCUT2D eigenvalue weighted by atomic mass is 16.5. The quantitative estimate of drug-likeness (QED) is 0.807. The third kappa shape index (κ3) is 3.69. The summed E-state index contributed by atoms with van der Waals surface area (Å²) >= 11 is 0. The van der Waals surface area contributed by atoms with E-state index in [0.29, 0.717) is 24.0 Å². The minimum atomic E-state index is 0.227. The fraction of sp³-hybridized carbons (Fsp3) is 0.588. The molecule has 1 amide bonds. The molecule has 0 saturated heterocycles. The van der Waals surface area contributed by atoms with Gasteiger partial charge in [-0.25, -0.2) is 0 Å². The SMILES string of the molecule is CCN(Cc1ccc(OC)c(OC)c1)C(=O)C1CCCC1. The number of nitrogens with zero attached hydrogens (tertiary/aromatic N) is 1. The van der Waals surface area contributed by atoms with Gasteiger partial charge in [0.2, 0.25) is 5.91 Å². The Bertz CT molecular complexity index is 481. The first-order valence-corrected chi connectivity index (χ1v) is 7.69. The molecule has 21 heavy (non-hydrogen) atoms. The van der Waals surface area contributed by atoms with Crippen LogP contribution in [0.5, 0.6) is 11.5 Å². The van der Waals surface area contributed by atoms with Crippen LogP contribution in [-0.4, -0.2) is 31.6 Å². The predicted molar refractivity (Wildman–Crippen MR) is 82.6 cm³/mol. The Hall–Kier alpha value is -1.71. The lowest BCUT2D eigenvalue weighted by molar-refractivity contribution is -0.135. The van der Waals surface area contributed by atoms with Gasteiger partial charge < -0.3 is 14.4 Å². The van der Waals surface area contributed by atoms with Crippen molar-refractivity contribution in [3.05, 3.63) is 23.8 Å². The topological polar surface area (TPSA) is 38.8 Å². The van der Waals surface area contributed by atoms with E-state index >= 15 is 0 Å². The molecule has 0 heterocycles. The van der Waals surface area contributed by atoms with Crippen molar-refractivity contribution < 1.29 is 14.3 Å². The third-order valence-corrected chi connectivity index (χ3v) is 4.22. The second kappa shape index (κ2) is 7.34. The number of rotatable bonds is 6. The number of benzene rings is 1. The molecule has 1 fully saturated rings. The summed E-state index contributed by atoms with van der Waals surface area (Å²) in [5, 5.41) is 0. The maximum atomic E-state index is 12.5. The molecule has 0 radical (unpaired) electrons. The number of carbonyl (C=O) groups is 1. The van der Waals surface area contributed by atoms with Gasteiger partial charge in [-0.2, -0.15) is 0 Å². The van der Waals surface area contributed by atoms with Crippen LogP contribution in [-0.2, 0) is 11.3 Å². The maximum absolute atomic E-state index is 12.5. The van der Waals surface area contributed by atoms with Gasteiger partial charge >= 0.3 is 0 Å². The summed E-state index contributed by atoms with van der Waals surface area (Å²) in [4.78, 5) is 14.5. The van der Waals surface area contributed by atoms with Crippen molar-refractivity contribution in [2.24, 2.45) is 5.92 Å². The van der Waals surface area contributed by atoms with Crippen LogP contribution in [0.15, 0.2) is 18.2 Å². The zero-order valence-corrected chi connectivity index (χ0v) is 13.2. The number of carbonyl (C=O) groups excluding carboxylic acids is 1. The monoisotopic (exact) mass is 291 g/mol. The van der Waals surface area contributed by atoms with Crippen LogP contribution in [0.3, 0.4) is 0 Å². The lowest BCUT2D eigenvalue weighted by Crippen LogP contribution is -2.34. The number of methoxy groups -OCH3 is 2. The largest absolute Gasteiger partial charge is 0.493 e. The van der Waals surface area contributed by atoms with Crippen molar-refractivity contribution in [2.75, 3.05) is 20.8 Å². The Balaban J connectivity index is 2.09. The van der Waals surface area contributed by atoms with Crippen molar-refractivity contribution in [3.8, 4) is 11.5 Å².